The van der Waals surface area contributed by atoms with Gasteiger partial charge in [-0.1, -0.05) is 91.0 Å². The van der Waals surface area contributed by atoms with Gasteiger partial charge in [-0.15, -0.1) is 0 Å². The molecule has 0 fully saturated rings. The van der Waals surface area contributed by atoms with Crippen molar-refractivity contribution in [1.82, 2.24) is 0 Å². The van der Waals surface area contributed by atoms with Gasteiger partial charge in [-0.05, 0) is 58.7 Å². The Labute approximate surface area is 150 Å². The molecule has 0 unspecified atom stereocenters. The molecule has 0 nitrogen and oxygen atoms in total. The van der Waals surface area contributed by atoms with Gasteiger partial charge in [0.1, 0.15) is 0 Å². The van der Waals surface area contributed by atoms with E-state index in [1.165, 1.54) is 39.0 Å². The molecule has 0 saturated carbocycles. The van der Waals surface area contributed by atoms with E-state index in [-0.39, 0.29) is 0 Å². The Morgan fingerprint density at radius 3 is 2.04 bits per heavy atom. The van der Waals surface area contributed by atoms with Gasteiger partial charge in [-0.2, -0.15) is 0 Å². The fourth-order valence-corrected chi connectivity index (χ4v) is 3.62. The number of rotatable bonds is 3. The van der Waals surface area contributed by atoms with Crippen LogP contribution in [0.1, 0.15) is 29.5 Å². The van der Waals surface area contributed by atoms with Crippen molar-refractivity contribution in [2.24, 2.45) is 0 Å². The molecule has 3 aromatic carbocycles. The number of hydrogen-bond donors (Lipinski definition) is 0. The summed E-state index contributed by atoms with van der Waals surface area (Å²) < 4.78 is 0. The van der Waals surface area contributed by atoms with E-state index in [1.807, 2.05) is 0 Å². The molecule has 0 atom stereocenters. The molecule has 25 heavy (non-hydrogen) atoms. The average molecular weight is 322 g/mol. The third-order valence-corrected chi connectivity index (χ3v) is 4.92. The average Bonchev–Trinajstić information content (AvgIpc) is 2.69. The van der Waals surface area contributed by atoms with Crippen molar-refractivity contribution < 1.29 is 0 Å². The van der Waals surface area contributed by atoms with Crippen molar-refractivity contribution in [1.29, 1.82) is 0 Å². The quantitative estimate of drug-likeness (QED) is 0.491. The van der Waals surface area contributed by atoms with Crippen LogP contribution < -0.4 is 0 Å². The standard InChI is InChI=1S/C25H22/c1-19-10-5-6-15-23(19)25-17-8-7-16-24(25)22-14-9-13-21(18-22)20-11-3-2-4-12-20/h2-8,10-13,15-18H,9,14H2,1H3. The molecule has 3 aromatic rings. The molecular formula is C25H22. The second-order valence-corrected chi connectivity index (χ2v) is 6.59. The maximum atomic E-state index is 2.37. The van der Waals surface area contributed by atoms with E-state index in [0.29, 0.717) is 0 Å². The van der Waals surface area contributed by atoms with Gasteiger partial charge in [0.2, 0.25) is 0 Å². The number of allylic oxidation sites excluding steroid dienone is 4. The lowest BCUT2D eigenvalue weighted by atomic mass is 9.86. The zero-order valence-corrected chi connectivity index (χ0v) is 14.6. The molecule has 4 rings (SSSR count). The Hall–Kier alpha value is -2.86. The molecule has 0 heteroatoms. The van der Waals surface area contributed by atoms with Gasteiger partial charge < -0.3 is 0 Å². The zero-order valence-electron chi connectivity index (χ0n) is 14.6. The highest BCUT2D eigenvalue weighted by molar-refractivity contribution is 5.90. The maximum Gasteiger partial charge on any atom is -0.0106 e. The van der Waals surface area contributed by atoms with Crippen LogP contribution in [0.4, 0.5) is 0 Å². The topological polar surface area (TPSA) is 0 Å². The van der Waals surface area contributed by atoms with Crippen LogP contribution in [0, 0.1) is 6.92 Å². The highest BCUT2D eigenvalue weighted by atomic mass is 14.2. The Balaban J connectivity index is 1.80. The second-order valence-electron chi connectivity index (χ2n) is 6.59. The van der Waals surface area contributed by atoms with Crippen LogP contribution in [0.2, 0.25) is 0 Å². The first-order valence-corrected chi connectivity index (χ1v) is 8.94. The summed E-state index contributed by atoms with van der Waals surface area (Å²) in [5, 5.41) is 0. The number of aryl methyl sites for hydroxylation is 1. The predicted molar refractivity (Wildman–Crippen MR) is 108 cm³/mol. The fourth-order valence-electron chi connectivity index (χ4n) is 3.62. The van der Waals surface area contributed by atoms with Crippen LogP contribution in [-0.2, 0) is 0 Å². The molecule has 0 N–H and O–H groups in total. The van der Waals surface area contributed by atoms with Crippen molar-refractivity contribution in [3.63, 3.8) is 0 Å². The van der Waals surface area contributed by atoms with Crippen LogP contribution in [0.5, 0.6) is 0 Å². The second kappa shape index (κ2) is 6.94. The molecule has 0 heterocycles. The number of hydrogen-bond acceptors (Lipinski definition) is 0. The molecule has 1 aliphatic rings. The van der Waals surface area contributed by atoms with Gasteiger partial charge >= 0.3 is 0 Å². The predicted octanol–water partition coefficient (Wildman–Crippen LogP) is 6.92. The Morgan fingerprint density at radius 1 is 0.640 bits per heavy atom. The van der Waals surface area contributed by atoms with Crippen LogP contribution in [0.15, 0.2) is 91.0 Å². The third kappa shape index (κ3) is 3.21. The van der Waals surface area contributed by atoms with Crippen molar-refractivity contribution >= 4 is 11.1 Å². The first kappa shape index (κ1) is 15.7. The summed E-state index contributed by atoms with van der Waals surface area (Å²) >= 11 is 0. The Kier molecular flexibility index (Phi) is 4.35. The largest absolute Gasteiger partial charge is 0.0763 e. The monoisotopic (exact) mass is 322 g/mol. The van der Waals surface area contributed by atoms with E-state index in [9.17, 15) is 0 Å². The SMILES string of the molecule is Cc1ccccc1-c1ccccc1C1=CC(c2ccccc2)=CCC1. The molecule has 0 bridgehead atoms. The van der Waals surface area contributed by atoms with E-state index in [4.69, 9.17) is 0 Å². The van der Waals surface area contributed by atoms with Gasteiger partial charge in [-0.25, -0.2) is 0 Å². The van der Waals surface area contributed by atoms with Gasteiger partial charge in [0.05, 0.1) is 0 Å². The first-order chi connectivity index (χ1) is 12.3. The molecule has 1 aliphatic carbocycles. The van der Waals surface area contributed by atoms with E-state index in [1.54, 1.807) is 0 Å². The summed E-state index contributed by atoms with van der Waals surface area (Å²) in [5.74, 6) is 0. The van der Waals surface area contributed by atoms with Gasteiger partial charge in [0.15, 0.2) is 0 Å². The lowest BCUT2D eigenvalue weighted by molar-refractivity contribution is 1.06. The molecular weight excluding hydrogens is 300 g/mol. The van der Waals surface area contributed by atoms with E-state index >= 15 is 0 Å². The molecule has 0 saturated heterocycles. The van der Waals surface area contributed by atoms with E-state index in [0.717, 1.165) is 12.8 Å². The molecule has 122 valence electrons. The number of benzene rings is 3. The van der Waals surface area contributed by atoms with E-state index in [2.05, 4.69) is 97.9 Å². The van der Waals surface area contributed by atoms with Crippen LogP contribution in [-0.4, -0.2) is 0 Å². The van der Waals surface area contributed by atoms with Crippen molar-refractivity contribution in [2.75, 3.05) is 0 Å². The first-order valence-electron chi connectivity index (χ1n) is 8.94. The molecule has 0 radical (unpaired) electrons. The van der Waals surface area contributed by atoms with Crippen molar-refractivity contribution in [2.45, 2.75) is 19.8 Å². The maximum absolute atomic E-state index is 2.37. The summed E-state index contributed by atoms with van der Waals surface area (Å²) in [6.45, 7) is 2.19. The van der Waals surface area contributed by atoms with Gasteiger partial charge in [-0.3, -0.25) is 0 Å². The third-order valence-electron chi connectivity index (χ3n) is 4.92. The highest BCUT2D eigenvalue weighted by Crippen LogP contribution is 2.37. The fraction of sp³-hybridized carbons (Fsp3) is 0.120. The van der Waals surface area contributed by atoms with Gasteiger partial charge in [0, 0.05) is 0 Å². The minimum Gasteiger partial charge on any atom is -0.0763 e. The normalized spacial score (nSPS) is 14.0. The molecule has 0 spiro atoms. The van der Waals surface area contributed by atoms with Crippen molar-refractivity contribution in [3.8, 4) is 11.1 Å². The molecule has 0 amide bonds. The summed E-state index contributed by atoms with van der Waals surface area (Å²) in [5.41, 5.74) is 9.41. The molecule has 0 aromatic heterocycles. The lowest BCUT2D eigenvalue weighted by Crippen LogP contribution is -1.96. The summed E-state index contributed by atoms with van der Waals surface area (Å²) in [4.78, 5) is 0. The summed E-state index contributed by atoms with van der Waals surface area (Å²) in [6, 6.07) is 28.1. The minimum atomic E-state index is 1.10. The van der Waals surface area contributed by atoms with Gasteiger partial charge in [0.25, 0.3) is 0 Å². The van der Waals surface area contributed by atoms with Crippen LogP contribution >= 0.6 is 0 Å². The Bertz CT molecular complexity index is 943. The van der Waals surface area contributed by atoms with Crippen LogP contribution in [0.25, 0.3) is 22.3 Å². The smallest absolute Gasteiger partial charge is 0.0106 e. The lowest BCUT2D eigenvalue weighted by Gasteiger charge is -2.18. The van der Waals surface area contributed by atoms with E-state index < -0.39 is 0 Å². The molecule has 0 aliphatic heterocycles. The zero-order chi connectivity index (χ0) is 17.1. The van der Waals surface area contributed by atoms with Crippen molar-refractivity contribution in [3.05, 3.63) is 108 Å². The minimum absolute atomic E-state index is 1.10. The Morgan fingerprint density at radius 2 is 1.28 bits per heavy atom. The summed E-state index contributed by atoms with van der Waals surface area (Å²) in [7, 11) is 0. The highest BCUT2D eigenvalue weighted by Gasteiger charge is 2.14. The summed E-state index contributed by atoms with van der Waals surface area (Å²) in [6.07, 6.45) is 6.92. The van der Waals surface area contributed by atoms with Crippen LogP contribution in [0.3, 0.4) is 0 Å².